The van der Waals surface area contributed by atoms with E-state index in [2.05, 4.69) is 15.9 Å². The Bertz CT molecular complexity index is 599. The van der Waals surface area contributed by atoms with E-state index in [0.717, 1.165) is 5.56 Å². The van der Waals surface area contributed by atoms with Gasteiger partial charge in [0.05, 0.1) is 11.9 Å². The quantitative estimate of drug-likeness (QED) is 0.738. The molecule has 0 saturated heterocycles. The van der Waals surface area contributed by atoms with Gasteiger partial charge in [-0.2, -0.15) is 0 Å². The third kappa shape index (κ3) is 2.78. The summed E-state index contributed by atoms with van der Waals surface area (Å²) >= 11 is 3.45. The van der Waals surface area contributed by atoms with Gasteiger partial charge in [0.25, 0.3) is 0 Å². The molecule has 0 amide bonds. The molecular weight excluding hydrogens is 314 g/mol. The maximum absolute atomic E-state index is 14.0. The zero-order valence-corrected chi connectivity index (χ0v) is 12.2. The van der Waals surface area contributed by atoms with E-state index < -0.39 is 0 Å². The van der Waals surface area contributed by atoms with E-state index in [0.29, 0.717) is 16.9 Å². The second kappa shape index (κ2) is 5.70. The lowest BCUT2D eigenvalue weighted by Gasteiger charge is -2.16. The molecule has 0 N–H and O–H groups in total. The normalized spacial score (nSPS) is 12.3. The zero-order chi connectivity index (χ0) is 14.0. The van der Waals surface area contributed by atoms with E-state index in [1.54, 1.807) is 31.2 Å². The van der Waals surface area contributed by atoms with Crippen LogP contribution < -0.4 is 4.74 Å². The molecule has 0 spiro atoms. The minimum Gasteiger partial charge on any atom is -0.496 e. The lowest BCUT2D eigenvalue weighted by Crippen LogP contribution is -2.01. The van der Waals surface area contributed by atoms with E-state index in [4.69, 9.17) is 4.74 Å². The van der Waals surface area contributed by atoms with Crippen LogP contribution in [0.2, 0.25) is 0 Å². The molecule has 0 radical (unpaired) electrons. The summed E-state index contributed by atoms with van der Waals surface area (Å²) in [6, 6.07) is 9.37. The van der Waals surface area contributed by atoms with Crippen LogP contribution in [0.25, 0.3) is 0 Å². The number of methoxy groups -OCH3 is 1. The van der Waals surface area contributed by atoms with Gasteiger partial charge in [0, 0.05) is 5.56 Å². The van der Waals surface area contributed by atoms with Crippen LogP contribution in [0.4, 0.5) is 8.78 Å². The monoisotopic (exact) mass is 326 g/mol. The summed E-state index contributed by atoms with van der Waals surface area (Å²) < 4.78 is 32.4. The molecule has 1 nitrogen and oxygen atoms in total. The van der Waals surface area contributed by atoms with Crippen molar-refractivity contribution in [3.05, 3.63) is 64.7 Å². The van der Waals surface area contributed by atoms with Crippen molar-refractivity contribution in [3.8, 4) is 5.75 Å². The Morgan fingerprint density at radius 2 is 1.84 bits per heavy atom. The number of hydrogen-bond donors (Lipinski definition) is 0. The average molecular weight is 327 g/mol. The van der Waals surface area contributed by atoms with Gasteiger partial charge in [-0.3, -0.25) is 0 Å². The van der Waals surface area contributed by atoms with Crippen LogP contribution in [-0.4, -0.2) is 7.11 Å². The number of benzene rings is 2. The third-order valence-electron chi connectivity index (χ3n) is 2.96. The van der Waals surface area contributed by atoms with Crippen molar-refractivity contribution >= 4 is 15.9 Å². The molecule has 0 aliphatic carbocycles. The van der Waals surface area contributed by atoms with Crippen molar-refractivity contribution in [1.29, 1.82) is 0 Å². The number of ether oxygens (including phenoxy) is 1. The molecule has 1 atom stereocenters. The lowest BCUT2D eigenvalue weighted by atomic mass is 10.0. The zero-order valence-electron chi connectivity index (χ0n) is 10.6. The SMILES string of the molecule is COc1cccc(F)c1C(Br)c1ccc(F)c(C)c1. The van der Waals surface area contributed by atoms with Gasteiger partial charge < -0.3 is 4.74 Å². The molecule has 0 aromatic heterocycles. The van der Waals surface area contributed by atoms with E-state index in [1.165, 1.54) is 19.2 Å². The fourth-order valence-corrected chi connectivity index (χ4v) is 2.66. The van der Waals surface area contributed by atoms with Crippen LogP contribution in [0.1, 0.15) is 21.5 Å². The second-order valence-corrected chi connectivity index (χ2v) is 5.14. The Balaban J connectivity index is 2.49. The maximum Gasteiger partial charge on any atom is 0.131 e. The van der Waals surface area contributed by atoms with Gasteiger partial charge in [0.15, 0.2) is 0 Å². The van der Waals surface area contributed by atoms with Crippen LogP contribution in [0, 0.1) is 18.6 Å². The molecule has 0 aliphatic rings. The molecule has 4 heteroatoms. The van der Waals surface area contributed by atoms with Crippen molar-refractivity contribution in [2.24, 2.45) is 0 Å². The topological polar surface area (TPSA) is 9.23 Å². The highest BCUT2D eigenvalue weighted by Crippen LogP contribution is 2.38. The first-order chi connectivity index (χ1) is 9.04. The van der Waals surface area contributed by atoms with Gasteiger partial charge in [-0.25, -0.2) is 8.78 Å². The molecule has 2 rings (SSSR count). The molecule has 0 fully saturated rings. The minimum absolute atomic E-state index is 0.274. The second-order valence-electron chi connectivity index (χ2n) is 4.23. The average Bonchev–Trinajstić information content (AvgIpc) is 2.40. The van der Waals surface area contributed by atoms with Gasteiger partial charge in [-0.1, -0.05) is 34.1 Å². The standard InChI is InChI=1S/C15H13BrF2O/c1-9-8-10(6-7-11(9)17)15(16)14-12(18)4-3-5-13(14)19-2/h3-8,15H,1-2H3. The summed E-state index contributed by atoms with van der Waals surface area (Å²) in [5, 5.41) is 0. The van der Waals surface area contributed by atoms with Gasteiger partial charge in [0.2, 0.25) is 0 Å². The minimum atomic E-state index is -0.386. The Kier molecular flexibility index (Phi) is 4.20. The van der Waals surface area contributed by atoms with Gasteiger partial charge in [-0.05, 0) is 36.2 Å². The maximum atomic E-state index is 14.0. The summed E-state index contributed by atoms with van der Waals surface area (Å²) in [6.45, 7) is 1.68. The summed E-state index contributed by atoms with van der Waals surface area (Å²) in [7, 11) is 1.49. The van der Waals surface area contributed by atoms with Crippen molar-refractivity contribution < 1.29 is 13.5 Å². The predicted molar refractivity (Wildman–Crippen MR) is 74.9 cm³/mol. The molecule has 0 heterocycles. The van der Waals surface area contributed by atoms with E-state index in [9.17, 15) is 8.78 Å². The van der Waals surface area contributed by atoms with Gasteiger partial charge in [0.1, 0.15) is 17.4 Å². The first-order valence-electron chi connectivity index (χ1n) is 5.77. The summed E-state index contributed by atoms with van der Waals surface area (Å²) in [6.07, 6.45) is 0. The highest BCUT2D eigenvalue weighted by atomic mass is 79.9. The fourth-order valence-electron chi connectivity index (χ4n) is 1.93. The fraction of sp³-hybridized carbons (Fsp3) is 0.200. The highest BCUT2D eigenvalue weighted by Gasteiger charge is 2.20. The van der Waals surface area contributed by atoms with E-state index >= 15 is 0 Å². The Hall–Kier alpha value is -1.42. The van der Waals surface area contributed by atoms with Crippen molar-refractivity contribution in [2.45, 2.75) is 11.8 Å². The van der Waals surface area contributed by atoms with Crippen LogP contribution in [0.15, 0.2) is 36.4 Å². The van der Waals surface area contributed by atoms with Gasteiger partial charge >= 0.3 is 0 Å². The summed E-state index contributed by atoms with van der Waals surface area (Å²) in [4.78, 5) is -0.386. The lowest BCUT2D eigenvalue weighted by molar-refractivity contribution is 0.405. The molecule has 2 aromatic rings. The van der Waals surface area contributed by atoms with Crippen LogP contribution in [0.5, 0.6) is 5.75 Å². The Morgan fingerprint density at radius 1 is 1.11 bits per heavy atom. The Morgan fingerprint density at radius 3 is 2.47 bits per heavy atom. The molecule has 0 bridgehead atoms. The molecular formula is C15H13BrF2O. The van der Waals surface area contributed by atoms with E-state index in [1.807, 2.05) is 0 Å². The molecule has 2 aromatic carbocycles. The van der Waals surface area contributed by atoms with Crippen LogP contribution in [0.3, 0.4) is 0 Å². The molecule has 1 unspecified atom stereocenters. The largest absolute Gasteiger partial charge is 0.496 e. The number of aryl methyl sites for hydroxylation is 1. The van der Waals surface area contributed by atoms with Crippen molar-refractivity contribution in [2.75, 3.05) is 7.11 Å². The van der Waals surface area contributed by atoms with Crippen molar-refractivity contribution in [3.63, 3.8) is 0 Å². The first-order valence-corrected chi connectivity index (χ1v) is 6.68. The number of halogens is 3. The van der Waals surface area contributed by atoms with Crippen LogP contribution in [-0.2, 0) is 0 Å². The summed E-state index contributed by atoms with van der Waals surface area (Å²) in [5.74, 6) is -0.170. The molecule has 100 valence electrons. The molecule has 0 saturated carbocycles. The Labute approximate surface area is 119 Å². The van der Waals surface area contributed by atoms with Gasteiger partial charge in [-0.15, -0.1) is 0 Å². The number of alkyl halides is 1. The summed E-state index contributed by atoms with van der Waals surface area (Å²) in [5.41, 5.74) is 1.72. The highest BCUT2D eigenvalue weighted by molar-refractivity contribution is 9.09. The number of rotatable bonds is 3. The van der Waals surface area contributed by atoms with Crippen LogP contribution >= 0.6 is 15.9 Å². The number of hydrogen-bond acceptors (Lipinski definition) is 1. The predicted octanol–water partition coefficient (Wildman–Crippen LogP) is 4.77. The molecule has 0 aliphatic heterocycles. The third-order valence-corrected chi connectivity index (χ3v) is 3.95. The molecule has 19 heavy (non-hydrogen) atoms. The smallest absolute Gasteiger partial charge is 0.131 e. The van der Waals surface area contributed by atoms with Crippen molar-refractivity contribution in [1.82, 2.24) is 0 Å². The first kappa shape index (κ1) is 14.0. The van der Waals surface area contributed by atoms with E-state index in [-0.39, 0.29) is 16.5 Å².